The molecule has 0 saturated carbocycles. The first-order valence-electron chi connectivity index (χ1n) is 6.28. The van der Waals surface area contributed by atoms with Crippen LogP contribution in [0.2, 0.25) is 0 Å². The summed E-state index contributed by atoms with van der Waals surface area (Å²) in [4.78, 5) is 12.0. The van der Waals surface area contributed by atoms with Gasteiger partial charge in [-0.3, -0.25) is 10.5 Å². The number of aryl methyl sites for hydroxylation is 1. The van der Waals surface area contributed by atoms with E-state index in [0.29, 0.717) is 11.4 Å². The fourth-order valence-electron chi connectivity index (χ4n) is 1.75. The number of allylic oxidation sites excluding steroid dienone is 1. The lowest BCUT2D eigenvalue weighted by Crippen LogP contribution is -3.00. The van der Waals surface area contributed by atoms with E-state index in [1.807, 2.05) is 36.4 Å². The molecule has 1 aromatic carbocycles. The van der Waals surface area contributed by atoms with Crippen molar-refractivity contribution in [3.63, 3.8) is 0 Å². The van der Waals surface area contributed by atoms with Gasteiger partial charge in [0.05, 0.1) is 12.4 Å². The molecule has 0 fully saturated rings. The van der Waals surface area contributed by atoms with Gasteiger partial charge < -0.3 is 12.4 Å². The van der Waals surface area contributed by atoms with Crippen molar-refractivity contribution in [2.24, 2.45) is 0 Å². The molecule has 2 N–H and O–H groups in total. The molecule has 2 aromatic rings. The van der Waals surface area contributed by atoms with Crippen LogP contribution in [-0.4, -0.2) is 5.78 Å². The Labute approximate surface area is 125 Å². The summed E-state index contributed by atoms with van der Waals surface area (Å²) in [5, 5.41) is 0. The van der Waals surface area contributed by atoms with Gasteiger partial charge in [-0.15, -0.1) is 0 Å². The number of nitrogens with two attached hydrogens (primary N) is 1. The molecule has 3 nitrogen and oxygen atoms in total. The summed E-state index contributed by atoms with van der Waals surface area (Å²) in [6.45, 7) is 2.09. The highest BCUT2D eigenvalue weighted by atomic mass is 35.5. The first kappa shape index (κ1) is 15.9. The van der Waals surface area contributed by atoms with Crippen molar-refractivity contribution in [3.8, 4) is 0 Å². The Morgan fingerprint density at radius 2 is 1.90 bits per heavy atom. The third-order valence-electron chi connectivity index (χ3n) is 2.96. The molecule has 0 aliphatic rings. The summed E-state index contributed by atoms with van der Waals surface area (Å²) in [5.74, 6) is 0.561. The van der Waals surface area contributed by atoms with Crippen LogP contribution in [0.3, 0.4) is 0 Å². The van der Waals surface area contributed by atoms with Crippen LogP contribution in [0.15, 0.2) is 54.7 Å². The summed E-state index contributed by atoms with van der Waals surface area (Å²) in [6.07, 6.45) is 5.97. The van der Waals surface area contributed by atoms with E-state index < -0.39 is 0 Å². The molecule has 4 heteroatoms. The number of ketones is 1. The van der Waals surface area contributed by atoms with E-state index in [2.05, 4.69) is 6.92 Å². The van der Waals surface area contributed by atoms with Crippen molar-refractivity contribution in [3.05, 3.63) is 65.9 Å². The molecular weight excluding hydrogens is 272 g/mol. The molecule has 0 unspecified atom stereocenters. The highest BCUT2D eigenvalue weighted by molar-refractivity contribution is 6.05. The Morgan fingerprint density at radius 1 is 1.20 bits per heavy atom. The van der Waals surface area contributed by atoms with E-state index in [0.717, 1.165) is 6.42 Å². The predicted octanol–water partition coefficient (Wildman–Crippen LogP) is -0.524. The second kappa shape index (κ2) is 7.46. The smallest absolute Gasteiger partial charge is 0.276 e. The maximum atomic E-state index is 12.0. The summed E-state index contributed by atoms with van der Waals surface area (Å²) >= 11 is 0. The number of benzene rings is 1. The van der Waals surface area contributed by atoms with Gasteiger partial charge in [0.2, 0.25) is 0 Å². The SMILES string of the molecule is CCc1ccc(C(=O)/C=C/[n+]2ccccc2N)cc1.[Cl-]. The van der Waals surface area contributed by atoms with Gasteiger partial charge in [0.1, 0.15) is 0 Å². The average molecular weight is 289 g/mol. The number of anilines is 1. The van der Waals surface area contributed by atoms with E-state index >= 15 is 0 Å². The van der Waals surface area contributed by atoms with Crippen molar-refractivity contribution in [2.45, 2.75) is 13.3 Å². The molecule has 2 rings (SSSR count). The van der Waals surface area contributed by atoms with E-state index in [1.54, 1.807) is 23.0 Å². The van der Waals surface area contributed by atoms with Crippen molar-refractivity contribution in [2.75, 3.05) is 5.73 Å². The van der Waals surface area contributed by atoms with Crippen molar-refractivity contribution in [1.29, 1.82) is 0 Å². The fraction of sp³-hybridized carbons (Fsp3) is 0.125. The summed E-state index contributed by atoms with van der Waals surface area (Å²) < 4.78 is 1.71. The fourth-order valence-corrected chi connectivity index (χ4v) is 1.75. The topological polar surface area (TPSA) is 47.0 Å². The molecule has 0 saturated heterocycles. The lowest BCUT2D eigenvalue weighted by molar-refractivity contribution is -0.552. The Kier molecular flexibility index (Phi) is 5.94. The zero-order chi connectivity index (χ0) is 13.7. The molecule has 0 spiro atoms. The van der Waals surface area contributed by atoms with Gasteiger partial charge >= 0.3 is 0 Å². The second-order valence-corrected chi connectivity index (χ2v) is 4.26. The Balaban J connectivity index is 0.00000200. The van der Waals surface area contributed by atoms with Crippen LogP contribution in [0, 0.1) is 0 Å². The second-order valence-electron chi connectivity index (χ2n) is 4.26. The molecule has 0 radical (unpaired) electrons. The lowest BCUT2D eigenvalue weighted by Gasteiger charge is -1.99. The summed E-state index contributed by atoms with van der Waals surface area (Å²) in [6, 6.07) is 13.2. The van der Waals surface area contributed by atoms with E-state index in [4.69, 9.17) is 5.73 Å². The maximum absolute atomic E-state index is 12.0. The normalized spacial score (nSPS) is 10.2. The number of pyridine rings is 1. The molecule has 0 atom stereocenters. The number of hydrogen-bond acceptors (Lipinski definition) is 2. The lowest BCUT2D eigenvalue weighted by atomic mass is 10.1. The third kappa shape index (κ3) is 3.93. The highest BCUT2D eigenvalue weighted by Crippen LogP contribution is 2.06. The number of aromatic nitrogens is 1. The summed E-state index contributed by atoms with van der Waals surface area (Å²) in [7, 11) is 0. The largest absolute Gasteiger partial charge is 1.00 e. The first-order valence-corrected chi connectivity index (χ1v) is 6.28. The van der Waals surface area contributed by atoms with E-state index in [9.17, 15) is 4.79 Å². The van der Waals surface area contributed by atoms with Crippen LogP contribution in [0.25, 0.3) is 6.20 Å². The number of hydrogen-bond donors (Lipinski definition) is 1. The average Bonchev–Trinajstić information content (AvgIpc) is 2.46. The van der Waals surface area contributed by atoms with Crippen LogP contribution in [-0.2, 0) is 6.42 Å². The molecule has 1 aromatic heterocycles. The van der Waals surface area contributed by atoms with Gasteiger partial charge in [-0.05, 0) is 18.1 Å². The van der Waals surface area contributed by atoms with Crippen LogP contribution >= 0.6 is 0 Å². The van der Waals surface area contributed by atoms with E-state index in [1.165, 1.54) is 11.6 Å². The standard InChI is InChI=1S/C16H16N2O.ClH/c1-2-13-6-8-14(9-7-13)15(19)10-12-18-11-4-3-5-16(18)17;/h3-12,17H,2H2,1H3;1H/b12-10+;. The first-order chi connectivity index (χ1) is 9.20. The van der Waals surface area contributed by atoms with Gasteiger partial charge in [-0.1, -0.05) is 37.3 Å². The number of rotatable bonds is 4. The van der Waals surface area contributed by atoms with Crippen LogP contribution in [0.5, 0.6) is 0 Å². The molecule has 1 heterocycles. The molecule has 0 aliphatic heterocycles. The maximum Gasteiger partial charge on any atom is 0.276 e. The molecule has 0 aliphatic carbocycles. The Hall–Kier alpha value is -2.13. The number of halogens is 1. The Morgan fingerprint density at radius 3 is 2.50 bits per heavy atom. The number of carbonyl (C=O) groups is 1. The van der Waals surface area contributed by atoms with Gasteiger partial charge in [0, 0.05) is 17.7 Å². The van der Waals surface area contributed by atoms with Gasteiger partial charge in [0.25, 0.3) is 5.82 Å². The predicted molar refractivity (Wildman–Crippen MR) is 76.5 cm³/mol. The van der Waals surface area contributed by atoms with Crippen molar-refractivity contribution in [1.82, 2.24) is 0 Å². The summed E-state index contributed by atoms with van der Waals surface area (Å²) in [5.41, 5.74) is 7.69. The molecule has 0 bridgehead atoms. The minimum atomic E-state index is -0.0293. The zero-order valence-electron chi connectivity index (χ0n) is 11.3. The van der Waals surface area contributed by atoms with Gasteiger partial charge in [-0.25, -0.2) is 4.57 Å². The molecular formula is C16H17ClN2O. The van der Waals surface area contributed by atoms with Crippen molar-refractivity contribution >= 4 is 17.8 Å². The number of nitrogen functional groups attached to an aromatic ring is 1. The Bertz CT molecular complexity index is 606. The number of nitrogens with zero attached hydrogens (tertiary/aromatic N) is 1. The monoisotopic (exact) mass is 288 g/mol. The number of carbonyl (C=O) groups excluding carboxylic acids is 1. The highest BCUT2D eigenvalue weighted by Gasteiger charge is 2.03. The van der Waals surface area contributed by atoms with Crippen LogP contribution in [0.1, 0.15) is 22.8 Å². The molecule has 20 heavy (non-hydrogen) atoms. The van der Waals surface area contributed by atoms with Crippen LogP contribution in [0.4, 0.5) is 5.82 Å². The third-order valence-corrected chi connectivity index (χ3v) is 2.96. The zero-order valence-corrected chi connectivity index (χ0v) is 12.0. The van der Waals surface area contributed by atoms with Gasteiger partial charge in [0.15, 0.2) is 5.78 Å². The minimum absolute atomic E-state index is 0. The quantitative estimate of drug-likeness (QED) is 0.467. The van der Waals surface area contributed by atoms with Crippen molar-refractivity contribution < 1.29 is 21.8 Å². The van der Waals surface area contributed by atoms with E-state index in [-0.39, 0.29) is 18.2 Å². The molecule has 104 valence electrons. The van der Waals surface area contributed by atoms with Gasteiger partial charge in [-0.2, -0.15) is 0 Å². The minimum Gasteiger partial charge on any atom is -1.00 e. The molecule has 0 amide bonds. The van der Waals surface area contributed by atoms with Crippen LogP contribution < -0.4 is 22.7 Å².